The summed E-state index contributed by atoms with van der Waals surface area (Å²) < 4.78 is 11.5. The lowest BCUT2D eigenvalue weighted by Crippen LogP contribution is -2.09. The van der Waals surface area contributed by atoms with E-state index in [1.54, 1.807) is 6.26 Å². The fraction of sp³-hybridized carbons (Fsp3) is 0.0455. The first-order valence-electron chi connectivity index (χ1n) is 8.46. The Labute approximate surface area is 150 Å². The van der Waals surface area contributed by atoms with Crippen molar-refractivity contribution in [3.8, 4) is 11.7 Å². The van der Waals surface area contributed by atoms with Crippen LogP contribution in [0.5, 0.6) is 0 Å². The lowest BCUT2D eigenvalue weighted by molar-refractivity contribution is 0.535. The van der Waals surface area contributed by atoms with Crippen LogP contribution in [0.15, 0.2) is 87.9 Å². The molecule has 0 aliphatic heterocycles. The van der Waals surface area contributed by atoms with Gasteiger partial charge in [0.25, 0.3) is 5.89 Å². The van der Waals surface area contributed by atoms with Crippen molar-refractivity contribution in [2.45, 2.75) is 0 Å². The summed E-state index contributed by atoms with van der Waals surface area (Å²) in [7, 11) is 2.06. The van der Waals surface area contributed by atoms with Crippen molar-refractivity contribution in [1.29, 1.82) is 0 Å². The van der Waals surface area contributed by atoms with E-state index in [1.165, 1.54) is 0 Å². The largest absolute Gasteiger partial charge is 0.459 e. The molecule has 26 heavy (non-hydrogen) atoms. The van der Waals surface area contributed by atoms with Crippen LogP contribution >= 0.6 is 0 Å². The topological polar surface area (TPSA) is 42.4 Å². The number of aromatic nitrogens is 1. The van der Waals surface area contributed by atoms with E-state index in [2.05, 4.69) is 41.2 Å². The van der Waals surface area contributed by atoms with E-state index >= 15 is 0 Å². The molecule has 0 saturated heterocycles. The van der Waals surface area contributed by atoms with Crippen LogP contribution in [-0.2, 0) is 0 Å². The van der Waals surface area contributed by atoms with E-state index in [0.29, 0.717) is 11.7 Å². The van der Waals surface area contributed by atoms with Gasteiger partial charge >= 0.3 is 0 Å². The number of rotatable bonds is 3. The maximum atomic E-state index is 6.02. The van der Waals surface area contributed by atoms with Crippen molar-refractivity contribution >= 4 is 33.2 Å². The molecule has 3 aromatic carbocycles. The highest BCUT2D eigenvalue weighted by Gasteiger charge is 2.17. The van der Waals surface area contributed by atoms with Crippen molar-refractivity contribution in [2.24, 2.45) is 0 Å². The van der Waals surface area contributed by atoms with Crippen LogP contribution in [0.3, 0.4) is 0 Å². The SMILES string of the molecule is CN(c1ccccc1)c1cc2oc(-c3ccco3)nc2c2ccccc12. The highest BCUT2D eigenvalue weighted by molar-refractivity contribution is 6.11. The molecule has 5 aromatic rings. The van der Waals surface area contributed by atoms with E-state index in [0.717, 1.165) is 33.2 Å². The van der Waals surface area contributed by atoms with Crippen LogP contribution in [0.1, 0.15) is 0 Å². The van der Waals surface area contributed by atoms with Crippen molar-refractivity contribution in [3.05, 3.63) is 79.1 Å². The van der Waals surface area contributed by atoms with Crippen molar-refractivity contribution in [3.63, 3.8) is 0 Å². The van der Waals surface area contributed by atoms with Crippen molar-refractivity contribution < 1.29 is 8.83 Å². The van der Waals surface area contributed by atoms with Gasteiger partial charge in [-0.3, -0.25) is 0 Å². The molecular weight excluding hydrogens is 324 g/mol. The molecule has 0 amide bonds. The summed E-state index contributed by atoms with van der Waals surface area (Å²) in [5, 5.41) is 2.19. The second kappa shape index (κ2) is 5.77. The lowest BCUT2D eigenvalue weighted by atomic mass is 10.1. The Morgan fingerprint density at radius 2 is 1.62 bits per heavy atom. The van der Waals surface area contributed by atoms with Crippen LogP contribution in [-0.4, -0.2) is 12.0 Å². The molecule has 4 nitrogen and oxygen atoms in total. The molecule has 0 spiro atoms. The average Bonchev–Trinajstić information content (AvgIpc) is 3.37. The summed E-state index contributed by atoms with van der Waals surface area (Å²) in [5.41, 5.74) is 3.77. The van der Waals surface area contributed by atoms with Gasteiger partial charge in [0.15, 0.2) is 11.3 Å². The zero-order valence-electron chi connectivity index (χ0n) is 14.2. The van der Waals surface area contributed by atoms with Crippen molar-refractivity contribution in [1.82, 2.24) is 4.98 Å². The molecule has 0 atom stereocenters. The van der Waals surface area contributed by atoms with E-state index in [1.807, 2.05) is 48.5 Å². The predicted octanol–water partition coefficient (Wildman–Crippen LogP) is 6.01. The molecule has 126 valence electrons. The maximum absolute atomic E-state index is 6.02. The molecule has 0 radical (unpaired) electrons. The normalized spacial score (nSPS) is 11.3. The van der Waals surface area contributed by atoms with Crippen LogP contribution < -0.4 is 4.90 Å². The molecule has 0 saturated carbocycles. The van der Waals surface area contributed by atoms with Crippen LogP contribution in [0.25, 0.3) is 33.5 Å². The standard InChI is InChI=1S/C22H16N2O2/c1-24(15-8-3-2-4-9-15)18-14-20-21(17-11-6-5-10-16(17)18)23-22(26-20)19-12-7-13-25-19/h2-14H,1H3. The first kappa shape index (κ1) is 14.8. The minimum absolute atomic E-state index is 0.495. The van der Waals surface area contributed by atoms with Gasteiger partial charge in [0, 0.05) is 29.6 Å². The zero-order chi connectivity index (χ0) is 17.5. The smallest absolute Gasteiger partial charge is 0.263 e. The highest BCUT2D eigenvalue weighted by atomic mass is 16.4. The molecule has 2 aromatic heterocycles. The number of oxazole rings is 1. The summed E-state index contributed by atoms with van der Waals surface area (Å²) in [5.74, 6) is 1.12. The van der Waals surface area contributed by atoms with Gasteiger partial charge in [-0.25, -0.2) is 4.98 Å². The lowest BCUT2D eigenvalue weighted by Gasteiger charge is -2.21. The molecule has 0 bridgehead atoms. The molecule has 0 unspecified atom stereocenters. The van der Waals surface area contributed by atoms with Gasteiger partial charge in [0.1, 0.15) is 5.52 Å². The van der Waals surface area contributed by atoms with Gasteiger partial charge in [-0.1, -0.05) is 42.5 Å². The third-order valence-electron chi connectivity index (χ3n) is 4.62. The Hall–Kier alpha value is -3.53. The molecule has 0 aliphatic carbocycles. The molecule has 0 aliphatic rings. The summed E-state index contributed by atoms with van der Waals surface area (Å²) >= 11 is 0. The second-order valence-electron chi connectivity index (χ2n) is 6.18. The van der Waals surface area contributed by atoms with Gasteiger partial charge in [0.05, 0.1) is 12.0 Å². The fourth-order valence-electron chi connectivity index (χ4n) is 3.31. The number of furan rings is 1. The van der Waals surface area contributed by atoms with E-state index in [9.17, 15) is 0 Å². The minimum atomic E-state index is 0.495. The average molecular weight is 340 g/mol. The monoisotopic (exact) mass is 340 g/mol. The quantitative estimate of drug-likeness (QED) is 0.403. The molecular formula is C22H16N2O2. The number of fused-ring (bicyclic) bond motifs is 3. The van der Waals surface area contributed by atoms with Crippen LogP contribution in [0.4, 0.5) is 11.4 Å². The molecule has 5 rings (SSSR count). The predicted molar refractivity (Wildman–Crippen MR) is 104 cm³/mol. The Bertz CT molecular complexity index is 1190. The van der Waals surface area contributed by atoms with Gasteiger partial charge < -0.3 is 13.7 Å². The van der Waals surface area contributed by atoms with Crippen LogP contribution in [0.2, 0.25) is 0 Å². The van der Waals surface area contributed by atoms with Gasteiger partial charge in [-0.15, -0.1) is 0 Å². The van der Waals surface area contributed by atoms with Gasteiger partial charge in [-0.05, 0) is 24.3 Å². The van der Waals surface area contributed by atoms with Gasteiger partial charge in [0.2, 0.25) is 0 Å². The van der Waals surface area contributed by atoms with Crippen LogP contribution in [0, 0.1) is 0 Å². The zero-order valence-corrected chi connectivity index (χ0v) is 14.2. The number of nitrogens with zero attached hydrogens (tertiary/aromatic N) is 2. The Balaban J connectivity index is 1.77. The summed E-state index contributed by atoms with van der Waals surface area (Å²) in [6, 6.07) is 24.3. The number of hydrogen-bond donors (Lipinski definition) is 0. The summed E-state index contributed by atoms with van der Waals surface area (Å²) in [4.78, 5) is 6.84. The van der Waals surface area contributed by atoms with E-state index < -0.39 is 0 Å². The molecule has 0 fully saturated rings. The van der Waals surface area contributed by atoms with Gasteiger partial charge in [-0.2, -0.15) is 0 Å². The molecule has 4 heteroatoms. The highest BCUT2D eigenvalue weighted by Crippen LogP contribution is 2.37. The molecule has 0 N–H and O–H groups in total. The Morgan fingerprint density at radius 3 is 2.38 bits per heavy atom. The number of benzene rings is 3. The Kier molecular flexibility index (Phi) is 3.28. The number of anilines is 2. The number of hydrogen-bond acceptors (Lipinski definition) is 4. The summed E-state index contributed by atoms with van der Waals surface area (Å²) in [6.07, 6.45) is 1.62. The second-order valence-corrected chi connectivity index (χ2v) is 6.18. The number of para-hydroxylation sites is 1. The Morgan fingerprint density at radius 1 is 0.846 bits per heavy atom. The van der Waals surface area contributed by atoms with E-state index in [-0.39, 0.29) is 0 Å². The van der Waals surface area contributed by atoms with E-state index in [4.69, 9.17) is 8.83 Å². The third kappa shape index (κ3) is 2.27. The first-order chi connectivity index (χ1) is 12.8. The first-order valence-corrected chi connectivity index (χ1v) is 8.46. The maximum Gasteiger partial charge on any atom is 0.263 e. The third-order valence-corrected chi connectivity index (χ3v) is 4.62. The summed E-state index contributed by atoms with van der Waals surface area (Å²) in [6.45, 7) is 0. The minimum Gasteiger partial charge on any atom is -0.459 e. The van der Waals surface area contributed by atoms with Crippen molar-refractivity contribution in [2.75, 3.05) is 11.9 Å². The molecule has 2 heterocycles. The fourth-order valence-corrected chi connectivity index (χ4v) is 3.31.